The molecular formula is C19H18N4O4. The fourth-order valence-corrected chi connectivity index (χ4v) is 3.55. The van der Waals surface area contributed by atoms with Gasteiger partial charge in [0.05, 0.1) is 11.8 Å². The third-order valence-electron chi connectivity index (χ3n) is 4.69. The molecule has 1 aliphatic heterocycles. The number of H-pyrrole nitrogens is 1. The maximum Gasteiger partial charge on any atom is 0.303 e. The van der Waals surface area contributed by atoms with Gasteiger partial charge in [-0.25, -0.2) is 4.98 Å². The molecule has 8 nitrogen and oxygen atoms in total. The van der Waals surface area contributed by atoms with Gasteiger partial charge in [-0.3, -0.25) is 14.4 Å². The third kappa shape index (κ3) is 3.10. The van der Waals surface area contributed by atoms with Crippen molar-refractivity contribution in [3.05, 3.63) is 57.9 Å². The number of para-hydroxylation sites is 1. The van der Waals surface area contributed by atoms with Crippen molar-refractivity contribution >= 4 is 28.5 Å². The van der Waals surface area contributed by atoms with E-state index in [1.165, 1.54) is 0 Å². The smallest absolute Gasteiger partial charge is 0.303 e. The molecule has 138 valence electrons. The van der Waals surface area contributed by atoms with Crippen molar-refractivity contribution in [1.29, 1.82) is 0 Å². The van der Waals surface area contributed by atoms with Gasteiger partial charge in [0.25, 0.3) is 11.5 Å². The summed E-state index contributed by atoms with van der Waals surface area (Å²) in [6.07, 6.45) is 1.51. The molecule has 4 rings (SSSR count). The molecule has 0 fully saturated rings. The Bertz CT molecular complexity index is 1100. The molecule has 0 saturated carbocycles. The maximum atomic E-state index is 13.0. The van der Waals surface area contributed by atoms with Crippen LogP contribution in [0.2, 0.25) is 0 Å². The van der Waals surface area contributed by atoms with Crippen LogP contribution in [-0.2, 0) is 24.2 Å². The SMILES string of the molecule is O=C(O)CCc1nc2c(C(=O)Nc3ccccc3)n3c(c2c(=O)[nH]1)CCC3. The summed E-state index contributed by atoms with van der Waals surface area (Å²) >= 11 is 0. The number of hydrogen-bond donors (Lipinski definition) is 3. The number of carboxylic acid groups (broad SMARTS) is 1. The highest BCUT2D eigenvalue weighted by Gasteiger charge is 2.28. The Kier molecular flexibility index (Phi) is 4.23. The summed E-state index contributed by atoms with van der Waals surface area (Å²) in [6, 6.07) is 9.07. The molecule has 3 aromatic rings. The molecule has 0 bridgehead atoms. The van der Waals surface area contributed by atoms with Gasteiger partial charge in [0, 0.05) is 24.3 Å². The Balaban J connectivity index is 1.82. The van der Waals surface area contributed by atoms with Gasteiger partial charge < -0.3 is 20.0 Å². The number of rotatable bonds is 5. The van der Waals surface area contributed by atoms with E-state index < -0.39 is 5.97 Å². The van der Waals surface area contributed by atoms with E-state index in [0.29, 0.717) is 35.2 Å². The average molecular weight is 366 g/mol. The van der Waals surface area contributed by atoms with Gasteiger partial charge in [-0.1, -0.05) is 18.2 Å². The van der Waals surface area contributed by atoms with E-state index in [2.05, 4.69) is 15.3 Å². The van der Waals surface area contributed by atoms with Gasteiger partial charge in [0.2, 0.25) is 0 Å². The quantitative estimate of drug-likeness (QED) is 0.638. The third-order valence-corrected chi connectivity index (χ3v) is 4.69. The van der Waals surface area contributed by atoms with Crippen molar-refractivity contribution in [2.24, 2.45) is 0 Å². The first kappa shape index (κ1) is 17.0. The summed E-state index contributed by atoms with van der Waals surface area (Å²) in [7, 11) is 0. The molecule has 3 N–H and O–H groups in total. The molecule has 27 heavy (non-hydrogen) atoms. The minimum absolute atomic E-state index is 0.0980. The fraction of sp³-hybridized carbons (Fsp3) is 0.263. The number of hydrogen-bond acceptors (Lipinski definition) is 4. The number of carbonyl (C=O) groups excluding carboxylic acids is 1. The Morgan fingerprint density at radius 2 is 2.04 bits per heavy atom. The molecule has 0 atom stereocenters. The van der Waals surface area contributed by atoms with Gasteiger partial charge in [0.15, 0.2) is 0 Å². The zero-order valence-electron chi connectivity index (χ0n) is 14.5. The number of aromatic nitrogens is 3. The number of benzene rings is 1. The van der Waals surface area contributed by atoms with Crippen LogP contribution in [0.4, 0.5) is 5.69 Å². The van der Waals surface area contributed by atoms with Gasteiger partial charge in [-0.2, -0.15) is 0 Å². The first-order valence-electron chi connectivity index (χ1n) is 8.77. The molecule has 8 heteroatoms. The van der Waals surface area contributed by atoms with Crippen LogP contribution in [0.3, 0.4) is 0 Å². The predicted molar refractivity (Wildman–Crippen MR) is 99.0 cm³/mol. The first-order valence-corrected chi connectivity index (χ1v) is 8.77. The molecule has 2 aromatic heterocycles. The lowest BCUT2D eigenvalue weighted by molar-refractivity contribution is -0.137. The van der Waals surface area contributed by atoms with Crippen LogP contribution in [0, 0.1) is 0 Å². The molecule has 3 heterocycles. The minimum atomic E-state index is -0.973. The summed E-state index contributed by atoms with van der Waals surface area (Å²) in [5.74, 6) is -1.03. The van der Waals surface area contributed by atoms with Crippen LogP contribution in [0.25, 0.3) is 10.9 Å². The Morgan fingerprint density at radius 3 is 2.78 bits per heavy atom. The van der Waals surface area contributed by atoms with Crippen LogP contribution in [0.5, 0.6) is 0 Å². The van der Waals surface area contributed by atoms with Crippen molar-refractivity contribution in [2.45, 2.75) is 32.2 Å². The van der Waals surface area contributed by atoms with Gasteiger partial charge in [-0.05, 0) is 25.0 Å². The molecule has 0 radical (unpaired) electrons. The second-order valence-corrected chi connectivity index (χ2v) is 6.50. The predicted octanol–water partition coefficient (Wildman–Crippen LogP) is 1.94. The summed E-state index contributed by atoms with van der Waals surface area (Å²) in [5, 5.41) is 12.1. The van der Waals surface area contributed by atoms with Crippen LogP contribution >= 0.6 is 0 Å². The van der Waals surface area contributed by atoms with Crippen molar-refractivity contribution in [1.82, 2.24) is 14.5 Å². The van der Waals surface area contributed by atoms with Crippen LogP contribution in [0.1, 0.15) is 34.8 Å². The monoisotopic (exact) mass is 366 g/mol. The lowest BCUT2D eigenvalue weighted by Crippen LogP contribution is -2.18. The number of carboxylic acids is 1. The van der Waals surface area contributed by atoms with E-state index in [0.717, 1.165) is 12.1 Å². The largest absolute Gasteiger partial charge is 0.481 e. The van der Waals surface area contributed by atoms with E-state index in [1.807, 2.05) is 22.8 Å². The summed E-state index contributed by atoms with van der Waals surface area (Å²) in [5.41, 5.74) is 1.82. The number of amides is 1. The standard InChI is InChI=1S/C19H18N4O4/c24-14(25)9-8-13-21-16-15(18(26)22-13)12-7-4-10-23(12)17(16)19(27)20-11-5-2-1-3-6-11/h1-3,5-6H,4,7-10H2,(H,20,27)(H,24,25)(H,21,22,26). The average Bonchev–Trinajstić information content (AvgIpc) is 3.20. The minimum Gasteiger partial charge on any atom is -0.481 e. The Hall–Kier alpha value is -3.42. The molecule has 1 aliphatic rings. The summed E-state index contributed by atoms with van der Waals surface area (Å²) in [4.78, 5) is 43.5. The molecular weight excluding hydrogens is 348 g/mol. The molecule has 1 amide bonds. The summed E-state index contributed by atoms with van der Waals surface area (Å²) in [6.45, 7) is 0.646. The lowest BCUT2D eigenvalue weighted by Gasteiger charge is -2.08. The normalized spacial score (nSPS) is 12.9. The number of aromatic amines is 1. The number of nitrogens with one attached hydrogen (secondary N) is 2. The number of aryl methyl sites for hydroxylation is 2. The maximum absolute atomic E-state index is 13.0. The van der Waals surface area contributed by atoms with Crippen LogP contribution in [-0.4, -0.2) is 31.5 Å². The van der Waals surface area contributed by atoms with Crippen molar-refractivity contribution in [2.75, 3.05) is 5.32 Å². The number of anilines is 1. The van der Waals surface area contributed by atoms with E-state index in [1.54, 1.807) is 12.1 Å². The topological polar surface area (TPSA) is 117 Å². The highest BCUT2D eigenvalue weighted by atomic mass is 16.4. The molecule has 0 aliphatic carbocycles. The first-order chi connectivity index (χ1) is 13.0. The van der Waals surface area contributed by atoms with Crippen molar-refractivity contribution in [3.63, 3.8) is 0 Å². The molecule has 0 unspecified atom stereocenters. The Labute approximate surface area is 153 Å². The Morgan fingerprint density at radius 1 is 1.26 bits per heavy atom. The molecule has 1 aromatic carbocycles. The van der Waals surface area contributed by atoms with E-state index in [-0.39, 0.29) is 30.1 Å². The van der Waals surface area contributed by atoms with E-state index in [4.69, 9.17) is 5.11 Å². The zero-order valence-corrected chi connectivity index (χ0v) is 14.5. The summed E-state index contributed by atoms with van der Waals surface area (Å²) < 4.78 is 1.85. The van der Waals surface area contributed by atoms with Crippen LogP contribution < -0.4 is 10.9 Å². The molecule has 0 spiro atoms. The second-order valence-electron chi connectivity index (χ2n) is 6.50. The van der Waals surface area contributed by atoms with E-state index in [9.17, 15) is 14.4 Å². The highest BCUT2D eigenvalue weighted by Crippen LogP contribution is 2.29. The van der Waals surface area contributed by atoms with Gasteiger partial charge in [0.1, 0.15) is 17.0 Å². The number of nitrogens with zero attached hydrogens (tertiary/aromatic N) is 2. The van der Waals surface area contributed by atoms with Gasteiger partial charge in [-0.15, -0.1) is 0 Å². The molecule has 0 saturated heterocycles. The highest BCUT2D eigenvalue weighted by molar-refractivity contribution is 6.11. The van der Waals surface area contributed by atoms with E-state index >= 15 is 0 Å². The number of carbonyl (C=O) groups is 2. The fourth-order valence-electron chi connectivity index (χ4n) is 3.55. The van der Waals surface area contributed by atoms with Crippen molar-refractivity contribution in [3.8, 4) is 0 Å². The van der Waals surface area contributed by atoms with Crippen LogP contribution in [0.15, 0.2) is 35.1 Å². The zero-order chi connectivity index (χ0) is 19.0. The second kappa shape index (κ2) is 6.71. The number of aliphatic carboxylic acids is 1. The van der Waals surface area contributed by atoms with Crippen molar-refractivity contribution < 1.29 is 14.7 Å². The lowest BCUT2D eigenvalue weighted by atomic mass is 10.2. The number of fused-ring (bicyclic) bond motifs is 3. The van der Waals surface area contributed by atoms with Gasteiger partial charge >= 0.3 is 5.97 Å².